The number of anilines is 1. The number of carbonyl (C=O) groups is 1. The number of hydrogen-bond acceptors (Lipinski definition) is 4. The number of pyridine rings is 1. The van der Waals surface area contributed by atoms with Gasteiger partial charge in [0.2, 0.25) is 5.91 Å². The highest BCUT2D eigenvalue weighted by Gasteiger charge is 2.09. The summed E-state index contributed by atoms with van der Waals surface area (Å²) in [6.07, 6.45) is 6.30. The van der Waals surface area contributed by atoms with Crippen LogP contribution in [0.15, 0.2) is 61.2 Å². The second-order valence-corrected chi connectivity index (χ2v) is 4.85. The molecule has 0 aliphatic rings. The SMILES string of the molecule is O=C(Cc1ccccc1F)Nc1cnc(-c2cccnc2)nc1. The fourth-order valence-electron chi connectivity index (χ4n) is 2.06. The van der Waals surface area contributed by atoms with Crippen molar-refractivity contribution >= 4 is 11.6 Å². The van der Waals surface area contributed by atoms with Crippen molar-refractivity contribution in [3.8, 4) is 11.4 Å². The first-order chi connectivity index (χ1) is 11.2. The molecule has 114 valence electrons. The highest BCUT2D eigenvalue weighted by atomic mass is 19.1. The lowest BCUT2D eigenvalue weighted by Crippen LogP contribution is -2.15. The van der Waals surface area contributed by atoms with Crippen molar-refractivity contribution < 1.29 is 9.18 Å². The molecule has 1 amide bonds. The first-order valence-electron chi connectivity index (χ1n) is 6.98. The van der Waals surface area contributed by atoms with E-state index in [1.807, 2.05) is 6.07 Å². The van der Waals surface area contributed by atoms with Crippen LogP contribution in [0.2, 0.25) is 0 Å². The van der Waals surface area contributed by atoms with Gasteiger partial charge in [0.05, 0.1) is 24.5 Å². The zero-order chi connectivity index (χ0) is 16.1. The Hall–Kier alpha value is -3.15. The van der Waals surface area contributed by atoms with Gasteiger partial charge >= 0.3 is 0 Å². The molecule has 0 spiro atoms. The molecular formula is C17H13FN4O. The number of nitrogens with one attached hydrogen (secondary N) is 1. The number of amides is 1. The number of rotatable bonds is 4. The molecule has 3 aromatic rings. The summed E-state index contributed by atoms with van der Waals surface area (Å²) in [7, 11) is 0. The van der Waals surface area contributed by atoms with Crippen LogP contribution >= 0.6 is 0 Å². The molecule has 23 heavy (non-hydrogen) atoms. The predicted octanol–water partition coefficient (Wildman–Crippen LogP) is 2.86. The monoisotopic (exact) mass is 308 g/mol. The predicted molar refractivity (Wildman–Crippen MR) is 84.0 cm³/mol. The smallest absolute Gasteiger partial charge is 0.228 e. The third-order valence-corrected chi connectivity index (χ3v) is 3.16. The van der Waals surface area contributed by atoms with E-state index in [9.17, 15) is 9.18 Å². The standard InChI is InChI=1S/C17H13FN4O/c18-15-6-2-1-4-12(15)8-16(23)22-14-10-20-17(21-11-14)13-5-3-7-19-9-13/h1-7,9-11H,8H2,(H,22,23). The lowest BCUT2D eigenvalue weighted by Gasteiger charge is -2.06. The van der Waals surface area contributed by atoms with E-state index < -0.39 is 5.82 Å². The van der Waals surface area contributed by atoms with Crippen LogP contribution in [-0.4, -0.2) is 20.9 Å². The van der Waals surface area contributed by atoms with Crippen LogP contribution in [0.3, 0.4) is 0 Å². The van der Waals surface area contributed by atoms with E-state index in [0.29, 0.717) is 17.1 Å². The molecule has 1 aromatic carbocycles. The molecule has 0 atom stereocenters. The van der Waals surface area contributed by atoms with Crippen LogP contribution in [0, 0.1) is 5.82 Å². The maximum atomic E-state index is 13.5. The molecule has 6 heteroatoms. The van der Waals surface area contributed by atoms with Crippen LogP contribution in [0.1, 0.15) is 5.56 Å². The van der Waals surface area contributed by atoms with Crippen molar-refractivity contribution in [1.82, 2.24) is 15.0 Å². The highest BCUT2D eigenvalue weighted by Crippen LogP contribution is 2.14. The van der Waals surface area contributed by atoms with Crippen LogP contribution in [0.5, 0.6) is 0 Å². The van der Waals surface area contributed by atoms with Crippen LogP contribution in [-0.2, 0) is 11.2 Å². The summed E-state index contributed by atoms with van der Waals surface area (Å²) in [5, 5.41) is 2.65. The van der Waals surface area contributed by atoms with Gasteiger partial charge in [-0.3, -0.25) is 9.78 Å². The van der Waals surface area contributed by atoms with E-state index in [1.54, 1.807) is 36.7 Å². The summed E-state index contributed by atoms with van der Waals surface area (Å²) >= 11 is 0. The summed E-state index contributed by atoms with van der Waals surface area (Å²) in [6, 6.07) is 9.83. The zero-order valence-electron chi connectivity index (χ0n) is 12.1. The van der Waals surface area contributed by atoms with Gasteiger partial charge in [-0.25, -0.2) is 14.4 Å². The van der Waals surface area contributed by atoms with Gasteiger partial charge in [0.15, 0.2) is 5.82 Å². The van der Waals surface area contributed by atoms with Crippen LogP contribution in [0.25, 0.3) is 11.4 Å². The van der Waals surface area contributed by atoms with Crippen molar-refractivity contribution in [2.75, 3.05) is 5.32 Å². The molecule has 3 rings (SSSR count). The minimum Gasteiger partial charge on any atom is -0.323 e. The van der Waals surface area contributed by atoms with Gasteiger partial charge in [-0.05, 0) is 23.8 Å². The molecular weight excluding hydrogens is 295 g/mol. The minimum atomic E-state index is -0.397. The lowest BCUT2D eigenvalue weighted by atomic mass is 10.1. The number of halogens is 1. The number of carbonyl (C=O) groups excluding carboxylic acids is 1. The van der Waals surface area contributed by atoms with Gasteiger partial charge in [-0.2, -0.15) is 0 Å². The molecule has 0 aliphatic heterocycles. The molecule has 0 fully saturated rings. The number of benzene rings is 1. The Kier molecular flexibility index (Phi) is 4.33. The minimum absolute atomic E-state index is 0.0446. The van der Waals surface area contributed by atoms with E-state index in [2.05, 4.69) is 20.3 Å². The van der Waals surface area contributed by atoms with Gasteiger partial charge in [0.25, 0.3) is 0 Å². The highest BCUT2D eigenvalue weighted by molar-refractivity contribution is 5.92. The van der Waals surface area contributed by atoms with E-state index in [0.717, 1.165) is 5.56 Å². The van der Waals surface area contributed by atoms with Crippen molar-refractivity contribution in [2.24, 2.45) is 0 Å². The maximum absolute atomic E-state index is 13.5. The van der Waals surface area contributed by atoms with Crippen molar-refractivity contribution in [3.05, 3.63) is 72.6 Å². The zero-order valence-corrected chi connectivity index (χ0v) is 12.1. The van der Waals surface area contributed by atoms with Crippen LogP contribution in [0.4, 0.5) is 10.1 Å². The average Bonchev–Trinajstić information content (AvgIpc) is 2.58. The molecule has 2 heterocycles. The van der Waals surface area contributed by atoms with Gasteiger partial charge in [0.1, 0.15) is 5.82 Å². The summed E-state index contributed by atoms with van der Waals surface area (Å²) in [5.41, 5.74) is 1.59. The Labute approximate surface area is 132 Å². The molecule has 5 nitrogen and oxygen atoms in total. The van der Waals surface area contributed by atoms with Gasteiger partial charge in [-0.15, -0.1) is 0 Å². The Morgan fingerprint density at radius 3 is 2.52 bits per heavy atom. The Morgan fingerprint density at radius 2 is 1.83 bits per heavy atom. The first kappa shape index (κ1) is 14.8. The third kappa shape index (κ3) is 3.74. The molecule has 2 aromatic heterocycles. The fourth-order valence-corrected chi connectivity index (χ4v) is 2.06. The average molecular weight is 308 g/mol. The number of hydrogen-bond donors (Lipinski definition) is 1. The normalized spacial score (nSPS) is 10.3. The Bertz CT molecular complexity index is 806. The molecule has 1 N–H and O–H groups in total. The van der Waals surface area contributed by atoms with Crippen molar-refractivity contribution in [1.29, 1.82) is 0 Å². The molecule has 0 bridgehead atoms. The molecule has 0 saturated carbocycles. The molecule has 0 unspecified atom stereocenters. The van der Waals surface area contributed by atoms with Crippen molar-refractivity contribution in [3.63, 3.8) is 0 Å². The summed E-state index contributed by atoms with van der Waals surface area (Å²) in [6.45, 7) is 0. The van der Waals surface area contributed by atoms with E-state index in [4.69, 9.17) is 0 Å². The second-order valence-electron chi connectivity index (χ2n) is 4.85. The summed E-state index contributed by atoms with van der Waals surface area (Å²) in [4.78, 5) is 24.3. The van der Waals surface area contributed by atoms with Gasteiger partial charge in [-0.1, -0.05) is 18.2 Å². The first-order valence-corrected chi connectivity index (χ1v) is 6.98. The second kappa shape index (κ2) is 6.74. The summed E-state index contributed by atoms with van der Waals surface area (Å²) < 4.78 is 13.5. The topological polar surface area (TPSA) is 67.8 Å². The van der Waals surface area contributed by atoms with Gasteiger partial charge in [0, 0.05) is 18.0 Å². The Morgan fingerprint density at radius 1 is 1.04 bits per heavy atom. The molecule has 0 radical (unpaired) electrons. The van der Waals surface area contributed by atoms with Crippen molar-refractivity contribution in [2.45, 2.75) is 6.42 Å². The molecule has 0 aliphatic carbocycles. The lowest BCUT2D eigenvalue weighted by molar-refractivity contribution is -0.115. The third-order valence-electron chi connectivity index (χ3n) is 3.16. The van der Waals surface area contributed by atoms with Crippen LogP contribution < -0.4 is 5.32 Å². The van der Waals surface area contributed by atoms with E-state index in [1.165, 1.54) is 18.5 Å². The van der Waals surface area contributed by atoms with Gasteiger partial charge < -0.3 is 5.32 Å². The number of nitrogens with zero attached hydrogens (tertiary/aromatic N) is 3. The quantitative estimate of drug-likeness (QED) is 0.804. The summed E-state index contributed by atoms with van der Waals surface area (Å²) in [5.74, 6) is -0.205. The molecule has 0 saturated heterocycles. The largest absolute Gasteiger partial charge is 0.323 e. The maximum Gasteiger partial charge on any atom is 0.228 e. The Balaban J connectivity index is 1.66. The number of aromatic nitrogens is 3. The van der Waals surface area contributed by atoms with E-state index >= 15 is 0 Å². The fraction of sp³-hybridized carbons (Fsp3) is 0.0588. The van der Waals surface area contributed by atoms with E-state index in [-0.39, 0.29) is 12.3 Å².